The lowest BCUT2D eigenvalue weighted by atomic mass is 10.1. The lowest BCUT2D eigenvalue weighted by Crippen LogP contribution is -2.36. The summed E-state index contributed by atoms with van der Waals surface area (Å²) >= 11 is 0. The Kier molecular flexibility index (Phi) is 8.32. The number of fused-ring (bicyclic) bond motifs is 1. The van der Waals surface area contributed by atoms with E-state index in [-0.39, 0.29) is 0 Å². The van der Waals surface area contributed by atoms with Crippen LogP contribution in [0.25, 0.3) is 10.8 Å². The molecule has 4 aromatic rings. The molecule has 0 atom stereocenters. The molecule has 0 aliphatic rings. The molecular formula is C27H31N5. The zero-order valence-corrected chi connectivity index (χ0v) is 18.5. The SMILES string of the molecule is c1ccc2cc(CN(CCNCc3ccncc3)CCNCc3ccncc3)ccc2c1. The van der Waals surface area contributed by atoms with Gasteiger partial charge in [0.05, 0.1) is 0 Å². The van der Waals surface area contributed by atoms with Gasteiger partial charge < -0.3 is 10.6 Å². The Bertz CT molecular complexity index is 1020. The van der Waals surface area contributed by atoms with Crippen LogP contribution in [0.1, 0.15) is 16.7 Å². The molecule has 164 valence electrons. The van der Waals surface area contributed by atoms with Gasteiger partial charge in [-0.05, 0) is 57.8 Å². The summed E-state index contributed by atoms with van der Waals surface area (Å²) in [7, 11) is 0. The third-order valence-electron chi connectivity index (χ3n) is 5.59. The van der Waals surface area contributed by atoms with Gasteiger partial charge in [-0.25, -0.2) is 0 Å². The van der Waals surface area contributed by atoms with Crippen LogP contribution in [-0.2, 0) is 19.6 Å². The third-order valence-corrected chi connectivity index (χ3v) is 5.59. The predicted molar refractivity (Wildman–Crippen MR) is 131 cm³/mol. The molecule has 0 aliphatic carbocycles. The van der Waals surface area contributed by atoms with Crippen LogP contribution in [0.3, 0.4) is 0 Å². The summed E-state index contributed by atoms with van der Waals surface area (Å²) in [5.41, 5.74) is 3.88. The first kappa shape index (κ1) is 22.1. The van der Waals surface area contributed by atoms with Crippen LogP contribution in [0.4, 0.5) is 0 Å². The maximum atomic E-state index is 4.09. The van der Waals surface area contributed by atoms with Crippen LogP contribution in [-0.4, -0.2) is 41.0 Å². The molecule has 0 saturated carbocycles. The molecule has 5 nitrogen and oxygen atoms in total. The Morgan fingerprint density at radius 3 is 1.75 bits per heavy atom. The summed E-state index contributed by atoms with van der Waals surface area (Å²) in [6.45, 7) is 6.56. The average Bonchev–Trinajstić information content (AvgIpc) is 2.85. The maximum absolute atomic E-state index is 4.09. The molecule has 2 N–H and O–H groups in total. The summed E-state index contributed by atoms with van der Waals surface area (Å²) in [5, 5.41) is 9.73. The summed E-state index contributed by atoms with van der Waals surface area (Å²) < 4.78 is 0. The number of nitrogens with zero attached hydrogens (tertiary/aromatic N) is 3. The molecule has 0 saturated heterocycles. The van der Waals surface area contributed by atoms with Gasteiger partial charge in [0.25, 0.3) is 0 Å². The largest absolute Gasteiger partial charge is 0.311 e. The normalized spacial score (nSPS) is 11.3. The number of hydrogen-bond donors (Lipinski definition) is 2. The van der Waals surface area contributed by atoms with Crippen molar-refractivity contribution >= 4 is 10.8 Å². The summed E-state index contributed by atoms with van der Waals surface area (Å²) in [5.74, 6) is 0. The van der Waals surface area contributed by atoms with Crippen LogP contribution < -0.4 is 10.6 Å². The van der Waals surface area contributed by atoms with Crippen molar-refractivity contribution in [2.75, 3.05) is 26.2 Å². The summed E-state index contributed by atoms with van der Waals surface area (Å²) in [4.78, 5) is 10.7. The molecule has 0 bridgehead atoms. The predicted octanol–water partition coefficient (Wildman–Crippen LogP) is 4.01. The Morgan fingerprint density at radius 1 is 0.594 bits per heavy atom. The Morgan fingerprint density at radius 2 is 1.16 bits per heavy atom. The van der Waals surface area contributed by atoms with E-state index in [1.54, 1.807) is 0 Å². The highest BCUT2D eigenvalue weighted by Gasteiger charge is 2.07. The smallest absolute Gasteiger partial charge is 0.0271 e. The van der Waals surface area contributed by atoms with Crippen molar-refractivity contribution in [3.8, 4) is 0 Å². The second-order valence-corrected chi connectivity index (χ2v) is 8.02. The van der Waals surface area contributed by atoms with Gasteiger partial charge >= 0.3 is 0 Å². The lowest BCUT2D eigenvalue weighted by molar-refractivity contribution is 0.264. The van der Waals surface area contributed by atoms with Gasteiger partial charge in [-0.2, -0.15) is 0 Å². The van der Waals surface area contributed by atoms with E-state index in [2.05, 4.69) is 92.2 Å². The van der Waals surface area contributed by atoms with Crippen molar-refractivity contribution < 1.29 is 0 Å². The van der Waals surface area contributed by atoms with Gasteiger partial charge in [0, 0.05) is 70.6 Å². The molecule has 0 unspecified atom stereocenters. The first-order chi connectivity index (χ1) is 15.9. The number of nitrogens with one attached hydrogen (secondary N) is 2. The van der Waals surface area contributed by atoms with E-state index in [1.165, 1.54) is 27.5 Å². The highest BCUT2D eigenvalue weighted by molar-refractivity contribution is 5.82. The van der Waals surface area contributed by atoms with Crippen LogP contribution in [0.2, 0.25) is 0 Å². The molecular weight excluding hydrogens is 394 g/mol. The fraction of sp³-hybridized carbons (Fsp3) is 0.259. The van der Waals surface area contributed by atoms with Gasteiger partial charge in [-0.3, -0.25) is 14.9 Å². The van der Waals surface area contributed by atoms with Crippen LogP contribution >= 0.6 is 0 Å². The fourth-order valence-corrected chi connectivity index (χ4v) is 3.81. The fourth-order valence-electron chi connectivity index (χ4n) is 3.81. The van der Waals surface area contributed by atoms with Crippen LogP contribution in [0.5, 0.6) is 0 Å². The van der Waals surface area contributed by atoms with E-state index >= 15 is 0 Å². The molecule has 4 rings (SSSR count). The number of hydrogen-bond acceptors (Lipinski definition) is 5. The van der Waals surface area contributed by atoms with E-state index in [0.717, 1.165) is 45.8 Å². The Balaban J connectivity index is 1.31. The zero-order chi connectivity index (χ0) is 21.8. The van der Waals surface area contributed by atoms with E-state index in [9.17, 15) is 0 Å². The number of pyridine rings is 2. The van der Waals surface area contributed by atoms with Crippen molar-refractivity contribution in [2.45, 2.75) is 19.6 Å². The zero-order valence-electron chi connectivity index (χ0n) is 18.5. The topological polar surface area (TPSA) is 53.1 Å². The molecule has 0 spiro atoms. The first-order valence-electron chi connectivity index (χ1n) is 11.3. The van der Waals surface area contributed by atoms with Crippen molar-refractivity contribution in [2.24, 2.45) is 0 Å². The average molecular weight is 426 g/mol. The molecule has 0 aliphatic heterocycles. The Labute approximate surface area is 190 Å². The maximum Gasteiger partial charge on any atom is 0.0271 e. The third kappa shape index (κ3) is 6.95. The van der Waals surface area contributed by atoms with Gasteiger partial charge in [0.15, 0.2) is 0 Å². The first-order valence-corrected chi connectivity index (χ1v) is 11.3. The minimum atomic E-state index is 0.868. The summed E-state index contributed by atoms with van der Waals surface area (Å²) in [6.07, 6.45) is 7.38. The minimum absolute atomic E-state index is 0.868. The Hall–Kier alpha value is -3.12. The number of rotatable bonds is 12. The van der Waals surface area contributed by atoms with Gasteiger partial charge in [-0.1, -0.05) is 36.4 Å². The van der Waals surface area contributed by atoms with Crippen molar-refractivity contribution in [3.63, 3.8) is 0 Å². The second kappa shape index (κ2) is 12.1. The lowest BCUT2D eigenvalue weighted by Gasteiger charge is -2.23. The van der Waals surface area contributed by atoms with Crippen LogP contribution in [0.15, 0.2) is 91.5 Å². The molecule has 2 heterocycles. The van der Waals surface area contributed by atoms with E-state index in [4.69, 9.17) is 0 Å². The van der Waals surface area contributed by atoms with Gasteiger partial charge in [0.1, 0.15) is 0 Å². The highest BCUT2D eigenvalue weighted by atomic mass is 15.1. The van der Waals surface area contributed by atoms with E-state index in [0.29, 0.717) is 0 Å². The van der Waals surface area contributed by atoms with Crippen molar-refractivity contribution in [1.82, 2.24) is 25.5 Å². The monoisotopic (exact) mass is 425 g/mol. The quantitative estimate of drug-likeness (QED) is 0.336. The van der Waals surface area contributed by atoms with Crippen molar-refractivity contribution in [3.05, 3.63) is 108 Å². The molecule has 2 aromatic heterocycles. The molecule has 0 amide bonds. The minimum Gasteiger partial charge on any atom is -0.311 e. The standard InChI is InChI=1S/C27H31N5/c1-2-4-27-19-25(5-6-26(27)3-1)22-32(17-15-30-20-23-7-11-28-12-8-23)18-16-31-21-24-9-13-29-14-10-24/h1-14,19,30-31H,15-18,20-22H2. The molecule has 0 fully saturated rings. The highest BCUT2D eigenvalue weighted by Crippen LogP contribution is 2.16. The second-order valence-electron chi connectivity index (χ2n) is 8.02. The van der Waals surface area contributed by atoms with Crippen LogP contribution in [0, 0.1) is 0 Å². The number of benzene rings is 2. The van der Waals surface area contributed by atoms with E-state index in [1.807, 2.05) is 24.8 Å². The van der Waals surface area contributed by atoms with Gasteiger partial charge in [0.2, 0.25) is 0 Å². The van der Waals surface area contributed by atoms with Crippen molar-refractivity contribution in [1.29, 1.82) is 0 Å². The molecule has 32 heavy (non-hydrogen) atoms. The summed E-state index contributed by atoms with van der Waals surface area (Å²) in [6, 6.07) is 23.6. The molecule has 0 radical (unpaired) electrons. The van der Waals surface area contributed by atoms with E-state index < -0.39 is 0 Å². The molecule has 5 heteroatoms. The number of aromatic nitrogens is 2. The van der Waals surface area contributed by atoms with Gasteiger partial charge in [-0.15, -0.1) is 0 Å². The molecule has 2 aromatic carbocycles.